The number of anilines is 2. The van der Waals surface area contributed by atoms with Crippen LogP contribution in [0.4, 0.5) is 64.1 Å². The number of thiocarbonyl (C=S) groups is 2. The summed E-state index contributed by atoms with van der Waals surface area (Å²) >= 11 is 10.9. The molecule has 0 aliphatic carbocycles. The minimum Gasteiger partial charge on any atom is -0.356 e. The summed E-state index contributed by atoms with van der Waals surface area (Å²) in [7, 11) is 0. The third kappa shape index (κ3) is 25.2. The molecule has 0 fully saturated rings. The molecule has 76 heavy (non-hydrogen) atoms. The lowest BCUT2D eigenvalue weighted by atomic mass is 10.0. The number of benzene rings is 4. The summed E-state index contributed by atoms with van der Waals surface area (Å²) in [6.07, 6.45) is -0.625. The van der Waals surface area contributed by atoms with Gasteiger partial charge in [0.05, 0.1) is 54.0 Å². The molecule has 0 amide bonds. The molecule has 0 aliphatic heterocycles. The van der Waals surface area contributed by atoms with Crippen molar-refractivity contribution in [3.63, 3.8) is 0 Å². The second-order valence-electron chi connectivity index (χ2n) is 18.9. The highest BCUT2D eigenvalue weighted by atomic mass is 32.1. The summed E-state index contributed by atoms with van der Waals surface area (Å²) in [6.45, 7) is 2.92. The Hall–Kier alpha value is -5.31. The van der Waals surface area contributed by atoms with Crippen LogP contribution in [0.2, 0.25) is 0 Å². The first-order chi connectivity index (χ1) is 36.0. The Kier molecular flexibility index (Phi) is 26.5. The molecule has 0 radical (unpaired) electrons. The van der Waals surface area contributed by atoms with Gasteiger partial charge in [0.25, 0.3) is 0 Å². The normalized spacial score (nSPS) is 13.2. The van der Waals surface area contributed by atoms with Crippen molar-refractivity contribution in [2.75, 3.05) is 30.3 Å². The zero-order chi connectivity index (χ0) is 55.6. The Morgan fingerprint density at radius 1 is 0.447 bits per heavy atom. The number of halogens is 12. The predicted molar refractivity (Wildman–Crippen MR) is 286 cm³/mol. The number of unbranched alkanes of at least 4 members (excludes halogenated alkanes) is 15. The van der Waals surface area contributed by atoms with E-state index in [0.717, 1.165) is 43.2 Å². The summed E-state index contributed by atoms with van der Waals surface area (Å²) in [6, 6.07) is 19.1. The second-order valence-corrected chi connectivity index (χ2v) is 19.7. The topological polar surface area (TPSA) is 86.1 Å². The third-order valence-corrected chi connectivity index (χ3v) is 12.8. The van der Waals surface area contributed by atoms with Gasteiger partial charge in [0.2, 0.25) is 0 Å². The van der Waals surface area contributed by atoms with E-state index in [-0.39, 0.29) is 35.4 Å². The van der Waals surface area contributed by atoms with E-state index < -0.39 is 70.4 Å². The molecule has 0 bridgehead atoms. The zero-order valence-corrected chi connectivity index (χ0v) is 44.2. The smallest absolute Gasteiger partial charge is 0.356 e. The van der Waals surface area contributed by atoms with Crippen LogP contribution < -0.4 is 36.9 Å². The number of rotatable bonds is 29. The van der Waals surface area contributed by atoms with Crippen molar-refractivity contribution in [2.45, 2.75) is 159 Å². The van der Waals surface area contributed by atoms with Crippen molar-refractivity contribution in [1.29, 1.82) is 0 Å². The van der Waals surface area contributed by atoms with Crippen molar-refractivity contribution in [2.24, 2.45) is 0 Å². The number of hydrogen-bond donors (Lipinski definition) is 7. The maximum atomic E-state index is 13.7. The fourth-order valence-electron chi connectivity index (χ4n) is 8.43. The Bertz CT molecular complexity index is 2300. The average molecular weight is 1120 g/mol. The number of nitrogens with one attached hydrogen (secondary N) is 7. The molecule has 4 rings (SSSR count). The molecular formula is C55H70F12N7S2+. The largest absolute Gasteiger partial charge is 0.416 e. The average Bonchev–Trinajstić information content (AvgIpc) is 3.34. The van der Waals surface area contributed by atoms with E-state index in [4.69, 9.17) is 24.4 Å². The number of alkyl halides is 12. The van der Waals surface area contributed by atoms with Crippen LogP contribution in [0.1, 0.15) is 143 Å². The van der Waals surface area contributed by atoms with E-state index in [1.54, 1.807) is 36.4 Å². The van der Waals surface area contributed by atoms with Crippen LogP contribution >= 0.6 is 24.4 Å². The zero-order valence-electron chi connectivity index (χ0n) is 42.6. The highest BCUT2D eigenvalue weighted by Gasteiger charge is 2.38. The van der Waals surface area contributed by atoms with Crippen molar-refractivity contribution in [1.82, 2.24) is 21.3 Å². The lowest BCUT2D eigenvalue weighted by molar-refractivity contribution is -0.465. The van der Waals surface area contributed by atoms with Gasteiger partial charge >= 0.3 is 30.7 Å². The summed E-state index contributed by atoms with van der Waals surface area (Å²) in [5.74, 6) is 0.416. The van der Waals surface area contributed by atoms with Crippen LogP contribution in [0.5, 0.6) is 0 Å². The first kappa shape index (κ1) is 63.2. The first-order valence-electron chi connectivity index (χ1n) is 25.9. The predicted octanol–water partition coefficient (Wildman–Crippen LogP) is 14.1. The van der Waals surface area contributed by atoms with Crippen molar-refractivity contribution in [3.8, 4) is 0 Å². The van der Waals surface area contributed by atoms with Crippen LogP contribution in [0, 0.1) is 0 Å². The minimum atomic E-state index is -5.08. The molecule has 21 heteroatoms. The van der Waals surface area contributed by atoms with E-state index >= 15 is 0 Å². The minimum absolute atomic E-state index is 0.0223. The van der Waals surface area contributed by atoms with Gasteiger partial charge in [-0.15, -0.1) is 0 Å². The van der Waals surface area contributed by atoms with E-state index in [1.807, 2.05) is 24.3 Å². The summed E-state index contributed by atoms with van der Waals surface area (Å²) in [4.78, 5) is 3.33. The Balaban J connectivity index is 1.50. The molecule has 0 aromatic heterocycles. The lowest BCUT2D eigenvalue weighted by Crippen LogP contribution is -2.83. The summed E-state index contributed by atoms with van der Waals surface area (Å²) in [5.41, 5.74) is -5.46. The molecule has 0 unspecified atom stereocenters. The molecule has 0 saturated heterocycles. The van der Waals surface area contributed by atoms with Crippen molar-refractivity contribution in [3.05, 3.63) is 130 Å². The lowest BCUT2D eigenvalue weighted by Gasteiger charge is -2.22. The fourth-order valence-corrected chi connectivity index (χ4v) is 9.00. The van der Waals surface area contributed by atoms with E-state index in [2.05, 4.69) is 43.8 Å². The van der Waals surface area contributed by atoms with Gasteiger partial charge in [-0.2, -0.15) is 52.7 Å². The SMILES string of the molecule is CCCCCCCCCCCCCCCCCCNC(NC[C@H](Cc1ccccc1)NC(=S)Nc1cc(C(F)(F)F)cc(C(F)(F)F)c1)=[NH+]C[C@H](Cc1ccccc1)NC(=S)Nc1cc(C(F)(F)F)cc(C(F)(F)F)c1. The van der Waals surface area contributed by atoms with Gasteiger partial charge in [0.1, 0.15) is 0 Å². The quantitative estimate of drug-likeness (QED) is 0.00952. The molecule has 420 valence electrons. The van der Waals surface area contributed by atoms with Gasteiger partial charge in [-0.3, -0.25) is 15.6 Å². The summed E-state index contributed by atoms with van der Waals surface area (Å²) < 4.78 is 164. The van der Waals surface area contributed by atoms with Gasteiger partial charge in [0, 0.05) is 11.4 Å². The number of hydrogen-bond acceptors (Lipinski definition) is 2. The molecule has 0 saturated carbocycles. The van der Waals surface area contributed by atoms with Crippen LogP contribution in [-0.2, 0) is 37.5 Å². The maximum Gasteiger partial charge on any atom is 0.416 e. The maximum absolute atomic E-state index is 13.7. The van der Waals surface area contributed by atoms with Crippen molar-refractivity contribution >= 4 is 52.0 Å². The van der Waals surface area contributed by atoms with Crippen LogP contribution in [0.25, 0.3) is 0 Å². The highest BCUT2D eigenvalue weighted by Crippen LogP contribution is 2.39. The third-order valence-electron chi connectivity index (χ3n) is 12.4. The van der Waals surface area contributed by atoms with Crippen molar-refractivity contribution < 1.29 is 57.7 Å². The first-order valence-corrected chi connectivity index (χ1v) is 26.7. The molecule has 0 spiro atoms. The molecule has 7 nitrogen and oxygen atoms in total. The molecule has 0 aliphatic rings. The summed E-state index contributed by atoms with van der Waals surface area (Å²) in [5, 5.41) is 17.3. The molecular weight excluding hydrogens is 1050 g/mol. The fraction of sp³-hybridized carbons (Fsp3) is 0.509. The van der Waals surface area contributed by atoms with Gasteiger partial charge in [-0.1, -0.05) is 164 Å². The monoisotopic (exact) mass is 1120 g/mol. The standard InChI is InChI=1S/C55H69F12N7S2/c1-2-3-4-5-6-7-8-9-10-11-12-13-14-15-16-23-28-68-49(69-37-47(29-39-24-19-17-20-25-39)73-50(75)71-45-33-41(52(56,57)58)31-42(34-45)53(59,60)61)70-38-48(30-40-26-21-18-22-27-40)74-51(76)72-46-35-43(54(62,63)64)32-44(36-46)55(65,66)67/h17-22,24-27,31-36,47-48H,2-16,23,28-30,37-38H2,1H3,(H2,68,69,70)(H2,71,73,75)(H2,72,74,76)/p+1/t47-,48-/m0/s1. The van der Waals surface area contributed by atoms with Gasteiger partial charge in [0.15, 0.2) is 10.2 Å². The Labute approximate surface area is 449 Å². The molecule has 0 heterocycles. The van der Waals surface area contributed by atoms with Gasteiger partial charge in [-0.05, 0) is 91.2 Å². The Morgan fingerprint density at radius 3 is 1.16 bits per heavy atom. The second kappa shape index (κ2) is 31.8. The molecule has 4 aromatic rings. The van der Waals surface area contributed by atoms with Gasteiger partial charge in [-0.25, -0.2) is 0 Å². The van der Waals surface area contributed by atoms with Crippen LogP contribution in [0.3, 0.4) is 0 Å². The van der Waals surface area contributed by atoms with E-state index in [1.165, 1.54) is 70.6 Å². The van der Waals surface area contributed by atoms with Crippen LogP contribution in [-0.4, -0.2) is 47.9 Å². The molecule has 4 aromatic carbocycles. The van der Waals surface area contributed by atoms with Crippen LogP contribution in [0.15, 0.2) is 97.1 Å². The molecule has 2 atom stereocenters. The number of guanidine groups is 1. The van der Waals surface area contributed by atoms with E-state index in [9.17, 15) is 52.7 Å². The highest BCUT2D eigenvalue weighted by molar-refractivity contribution is 7.80. The van der Waals surface area contributed by atoms with Gasteiger partial charge < -0.3 is 21.3 Å². The van der Waals surface area contributed by atoms with E-state index in [0.29, 0.717) is 49.6 Å². The molecule has 7 N–H and O–H groups in total. The Morgan fingerprint density at radius 2 is 0.789 bits per heavy atom.